The number of carboxylic acid groups (broad SMARTS) is 1. The molecule has 0 unspecified atom stereocenters. The maximum atomic E-state index is 10.4. The largest absolute Gasteiger partial charge is 0.504 e. The van der Waals surface area contributed by atoms with Crippen LogP contribution in [0.3, 0.4) is 0 Å². The summed E-state index contributed by atoms with van der Waals surface area (Å²) in [6.45, 7) is 6.81. The number of hydrogen-bond acceptors (Lipinski definition) is 6. The fourth-order valence-corrected chi connectivity index (χ4v) is 5.72. The Bertz CT molecular complexity index is 1170. The first-order valence-electron chi connectivity index (χ1n) is 16.6. The second-order valence-electron chi connectivity index (χ2n) is 11.8. The van der Waals surface area contributed by atoms with E-state index in [-0.39, 0.29) is 17.9 Å². The summed E-state index contributed by atoms with van der Waals surface area (Å²) in [6.07, 6.45) is 16.2. The molecule has 0 bridgehead atoms. The minimum atomic E-state index is -1.10. The van der Waals surface area contributed by atoms with Gasteiger partial charge in [-0.2, -0.15) is 0 Å². The molecule has 1 aliphatic rings. The smallest absolute Gasteiger partial charge is 0.320 e. The van der Waals surface area contributed by atoms with Crippen molar-refractivity contribution in [3.63, 3.8) is 0 Å². The minimum absolute atomic E-state index is 0.114. The number of nitrogens with two attached hydrogens (primary N) is 1. The Morgan fingerprint density at radius 2 is 1.05 bits per heavy atom. The molecule has 1 heterocycles. The molecule has 0 amide bonds. The summed E-state index contributed by atoms with van der Waals surface area (Å²) in [5.41, 5.74) is 11.4. The molecule has 7 nitrogen and oxygen atoms in total. The van der Waals surface area contributed by atoms with Gasteiger partial charge in [-0.1, -0.05) is 108 Å². The first kappa shape index (κ1) is 34.8. The fraction of sp³-hybridized carbons (Fsp3) is 0.486. The number of unbranched alkanes of at least 4 members (excludes halogenated alkanes) is 10. The van der Waals surface area contributed by atoms with Gasteiger partial charge in [0.25, 0.3) is 0 Å². The summed E-state index contributed by atoms with van der Waals surface area (Å²) in [5, 5.41) is 26.6. The average Bonchev–Trinajstić information content (AvgIpc) is 3.03. The van der Waals surface area contributed by atoms with Crippen molar-refractivity contribution in [2.45, 2.75) is 103 Å². The molecule has 0 radical (unpaired) electrons. The van der Waals surface area contributed by atoms with E-state index >= 15 is 0 Å². The Hall–Kier alpha value is -3.71. The van der Waals surface area contributed by atoms with E-state index in [1.165, 1.54) is 118 Å². The van der Waals surface area contributed by atoms with Gasteiger partial charge >= 0.3 is 5.97 Å². The van der Waals surface area contributed by atoms with Crippen LogP contribution in [-0.2, 0) is 11.2 Å². The van der Waals surface area contributed by atoms with Gasteiger partial charge in [-0.05, 0) is 61.2 Å². The van der Waals surface area contributed by atoms with Crippen LogP contribution >= 0.6 is 0 Å². The third kappa shape index (κ3) is 10.5. The molecule has 1 aliphatic heterocycles. The summed E-state index contributed by atoms with van der Waals surface area (Å²) < 4.78 is 0. The van der Waals surface area contributed by atoms with Crippen molar-refractivity contribution in [1.82, 2.24) is 0 Å². The summed E-state index contributed by atoms with van der Waals surface area (Å²) in [6, 6.07) is 21.1. The Morgan fingerprint density at radius 3 is 1.43 bits per heavy atom. The first-order chi connectivity index (χ1) is 21.4. The lowest BCUT2D eigenvalue weighted by molar-refractivity contribution is -0.138. The van der Waals surface area contributed by atoms with Gasteiger partial charge < -0.3 is 30.9 Å². The van der Waals surface area contributed by atoms with Gasteiger partial charge in [-0.3, -0.25) is 4.79 Å². The number of phenolic OH excluding ortho intramolecular Hbond substituents is 2. The number of benzene rings is 3. The highest BCUT2D eigenvalue weighted by molar-refractivity contribution is 5.93. The normalized spacial score (nSPS) is 12.6. The number of carboxylic acids is 1. The van der Waals surface area contributed by atoms with Gasteiger partial charge in [0.1, 0.15) is 6.04 Å². The van der Waals surface area contributed by atoms with Crippen molar-refractivity contribution in [2.24, 2.45) is 5.73 Å². The number of hydrogen-bond donors (Lipinski definition) is 4. The Labute approximate surface area is 264 Å². The number of phenols is 2. The molecule has 4 rings (SSSR count). The highest BCUT2D eigenvalue weighted by Crippen LogP contribution is 2.47. The zero-order valence-electron chi connectivity index (χ0n) is 26.8. The lowest BCUT2D eigenvalue weighted by Gasteiger charge is -2.40. The lowest BCUT2D eigenvalue weighted by Crippen LogP contribution is -2.32. The molecule has 3 aromatic rings. The van der Waals surface area contributed by atoms with Crippen molar-refractivity contribution < 1.29 is 20.1 Å². The number of carbonyl (C=O) groups is 1. The minimum Gasteiger partial charge on any atom is -0.504 e. The predicted octanol–water partition coefficient (Wildman–Crippen LogP) is 9.05. The van der Waals surface area contributed by atoms with Gasteiger partial charge in [0, 0.05) is 13.1 Å². The molecule has 0 aliphatic carbocycles. The third-order valence-corrected chi connectivity index (χ3v) is 8.21. The maximum Gasteiger partial charge on any atom is 0.320 e. The van der Waals surface area contributed by atoms with Crippen LogP contribution in [0.25, 0.3) is 0 Å². The SMILES string of the molecule is CCCCCCCCN1c2ccccc2N(CCCCCCCC)c2ccccc21.N[C@@H](Cc1ccc(O)c(O)c1)C(=O)O. The topological polar surface area (TPSA) is 110 Å². The van der Waals surface area contributed by atoms with Crippen LogP contribution in [0, 0.1) is 0 Å². The van der Waals surface area contributed by atoms with Crippen molar-refractivity contribution in [3.8, 4) is 11.5 Å². The second-order valence-corrected chi connectivity index (χ2v) is 11.8. The average molecular weight is 604 g/mol. The third-order valence-electron chi connectivity index (χ3n) is 8.21. The number of nitrogens with zero attached hydrogens (tertiary/aromatic N) is 2. The van der Waals surface area contributed by atoms with Gasteiger partial charge in [-0.25, -0.2) is 0 Å². The van der Waals surface area contributed by atoms with Gasteiger partial charge in [0.2, 0.25) is 0 Å². The quantitative estimate of drug-likeness (QED) is 0.0900. The van der Waals surface area contributed by atoms with Crippen LogP contribution in [0.5, 0.6) is 11.5 Å². The van der Waals surface area contributed by atoms with Crippen LogP contribution in [0.15, 0.2) is 66.7 Å². The van der Waals surface area contributed by atoms with Crippen molar-refractivity contribution >= 4 is 28.7 Å². The van der Waals surface area contributed by atoms with E-state index in [2.05, 4.69) is 72.2 Å². The molecule has 0 saturated heterocycles. The zero-order chi connectivity index (χ0) is 31.7. The molecular formula is C37H53N3O4. The van der Waals surface area contributed by atoms with Crippen LogP contribution in [-0.4, -0.2) is 40.4 Å². The predicted molar refractivity (Wildman–Crippen MR) is 183 cm³/mol. The highest BCUT2D eigenvalue weighted by Gasteiger charge is 2.27. The molecule has 0 aromatic heterocycles. The van der Waals surface area contributed by atoms with Crippen molar-refractivity contribution in [1.29, 1.82) is 0 Å². The summed E-state index contributed by atoms with van der Waals surface area (Å²) in [7, 11) is 0. The van der Waals surface area contributed by atoms with Gasteiger partial charge in [0.15, 0.2) is 11.5 Å². The lowest BCUT2D eigenvalue weighted by atomic mass is 10.0. The summed E-state index contributed by atoms with van der Waals surface area (Å²) >= 11 is 0. The van der Waals surface area contributed by atoms with Gasteiger partial charge in [-0.15, -0.1) is 0 Å². The number of rotatable bonds is 17. The van der Waals surface area contributed by atoms with E-state index in [4.69, 9.17) is 21.1 Å². The Balaban J connectivity index is 0.000000317. The standard InChI is InChI=1S/C28H42N2.C9H11NO4/c1-3-5-7-9-11-17-23-29-25-19-13-15-21-27(25)30(24-18-12-10-8-6-4-2)28-22-16-14-20-26(28)29;10-6(9(13)14)3-5-1-2-7(11)8(12)4-5/h13-16,19-22H,3-12,17-18,23-24H2,1-2H3;1-2,4,6,11-12H,3,10H2,(H,13,14)/t;6-/m.0/s1. The van der Waals surface area contributed by atoms with E-state index in [0.29, 0.717) is 5.56 Å². The van der Waals surface area contributed by atoms with E-state index in [1.54, 1.807) is 0 Å². The van der Waals surface area contributed by atoms with Crippen molar-refractivity contribution in [3.05, 3.63) is 72.3 Å². The Kier molecular flexibility index (Phi) is 14.9. The maximum absolute atomic E-state index is 10.4. The molecule has 0 spiro atoms. The van der Waals surface area contributed by atoms with Crippen molar-refractivity contribution in [2.75, 3.05) is 22.9 Å². The molecule has 3 aromatic carbocycles. The van der Waals surface area contributed by atoms with E-state index in [9.17, 15) is 4.79 Å². The molecule has 7 heteroatoms. The monoisotopic (exact) mass is 603 g/mol. The van der Waals surface area contributed by atoms with Crippen LogP contribution < -0.4 is 15.5 Å². The molecule has 0 saturated carbocycles. The molecular weight excluding hydrogens is 550 g/mol. The van der Waals surface area contributed by atoms with Crippen LogP contribution in [0.1, 0.15) is 96.5 Å². The van der Waals surface area contributed by atoms with Gasteiger partial charge in [0.05, 0.1) is 22.7 Å². The Morgan fingerprint density at radius 1 is 0.636 bits per heavy atom. The fourth-order valence-electron chi connectivity index (χ4n) is 5.72. The molecule has 240 valence electrons. The number of aromatic hydroxyl groups is 2. The first-order valence-corrected chi connectivity index (χ1v) is 16.6. The highest BCUT2D eigenvalue weighted by atomic mass is 16.4. The van der Waals surface area contributed by atoms with E-state index < -0.39 is 12.0 Å². The number of anilines is 4. The molecule has 44 heavy (non-hydrogen) atoms. The number of para-hydroxylation sites is 4. The number of fused-ring (bicyclic) bond motifs is 2. The molecule has 1 atom stereocenters. The molecule has 5 N–H and O–H groups in total. The van der Waals surface area contributed by atoms with E-state index in [0.717, 1.165) is 13.1 Å². The summed E-state index contributed by atoms with van der Waals surface area (Å²) in [5.74, 6) is -1.62. The van der Waals surface area contributed by atoms with Crippen LogP contribution in [0.4, 0.5) is 22.7 Å². The summed E-state index contributed by atoms with van der Waals surface area (Å²) in [4.78, 5) is 15.6. The molecule has 0 fully saturated rings. The zero-order valence-corrected chi connectivity index (χ0v) is 26.8. The van der Waals surface area contributed by atoms with E-state index in [1.807, 2.05) is 0 Å². The second kappa shape index (κ2) is 18.8. The van der Waals surface area contributed by atoms with Crippen LogP contribution in [0.2, 0.25) is 0 Å². The number of aliphatic carboxylic acids is 1.